The van der Waals surface area contributed by atoms with Crippen molar-refractivity contribution >= 4 is 27.3 Å². The predicted octanol–water partition coefficient (Wildman–Crippen LogP) is 4.47. The van der Waals surface area contributed by atoms with Crippen molar-refractivity contribution in [1.29, 1.82) is 0 Å². The maximum atomic E-state index is 3.68. The molecule has 0 radical (unpaired) electrons. The van der Waals surface area contributed by atoms with Gasteiger partial charge in [0.25, 0.3) is 0 Å². The Morgan fingerprint density at radius 1 is 1.41 bits per heavy atom. The van der Waals surface area contributed by atoms with E-state index in [-0.39, 0.29) is 0 Å². The van der Waals surface area contributed by atoms with Gasteiger partial charge in [-0.05, 0) is 65.2 Å². The van der Waals surface area contributed by atoms with Crippen molar-refractivity contribution in [3.8, 4) is 0 Å². The molecule has 17 heavy (non-hydrogen) atoms. The van der Waals surface area contributed by atoms with Gasteiger partial charge in [-0.25, -0.2) is 0 Å². The average molecular weight is 316 g/mol. The van der Waals surface area contributed by atoms with Gasteiger partial charge in [0.1, 0.15) is 0 Å². The smallest absolute Gasteiger partial charge is 0.0701 e. The fraction of sp³-hybridized carbons (Fsp3) is 0.714. The van der Waals surface area contributed by atoms with E-state index in [1.807, 2.05) is 11.3 Å². The Labute approximate surface area is 117 Å². The molecule has 1 aliphatic rings. The SMILES string of the molecule is CC(C)(C)C(CNC1CC1)Cc1ccc(Br)s1. The van der Waals surface area contributed by atoms with Gasteiger partial charge in [0.05, 0.1) is 3.79 Å². The normalized spacial score (nSPS) is 18.4. The van der Waals surface area contributed by atoms with Gasteiger partial charge in [0.2, 0.25) is 0 Å². The van der Waals surface area contributed by atoms with E-state index < -0.39 is 0 Å². The van der Waals surface area contributed by atoms with Crippen LogP contribution < -0.4 is 5.32 Å². The number of thiophene rings is 1. The Balaban J connectivity index is 1.94. The van der Waals surface area contributed by atoms with Gasteiger partial charge in [-0.2, -0.15) is 0 Å². The fourth-order valence-corrected chi connectivity index (χ4v) is 3.55. The third-order valence-corrected chi connectivity index (χ3v) is 5.18. The minimum absolute atomic E-state index is 0.373. The molecular weight excluding hydrogens is 294 g/mol. The number of hydrogen-bond acceptors (Lipinski definition) is 2. The zero-order chi connectivity index (χ0) is 12.5. The molecule has 3 heteroatoms. The molecule has 2 rings (SSSR count). The van der Waals surface area contributed by atoms with Gasteiger partial charge in [0.15, 0.2) is 0 Å². The topological polar surface area (TPSA) is 12.0 Å². The highest BCUT2D eigenvalue weighted by Crippen LogP contribution is 2.33. The van der Waals surface area contributed by atoms with E-state index in [2.05, 4.69) is 54.2 Å². The first-order chi connectivity index (χ1) is 7.95. The van der Waals surface area contributed by atoms with E-state index in [0.29, 0.717) is 11.3 Å². The van der Waals surface area contributed by atoms with Crippen LogP contribution in [0.4, 0.5) is 0 Å². The maximum absolute atomic E-state index is 3.68. The first-order valence-electron chi connectivity index (χ1n) is 6.43. The highest BCUT2D eigenvalue weighted by Gasteiger charge is 2.28. The van der Waals surface area contributed by atoms with E-state index in [9.17, 15) is 0 Å². The molecule has 0 bridgehead atoms. The Morgan fingerprint density at radius 2 is 2.12 bits per heavy atom. The summed E-state index contributed by atoms with van der Waals surface area (Å²) in [7, 11) is 0. The lowest BCUT2D eigenvalue weighted by Gasteiger charge is -2.31. The lowest BCUT2D eigenvalue weighted by molar-refractivity contribution is 0.231. The number of hydrogen-bond donors (Lipinski definition) is 1. The molecular formula is C14H22BrNS. The minimum atomic E-state index is 0.373. The van der Waals surface area contributed by atoms with Crippen LogP contribution in [-0.2, 0) is 6.42 Å². The lowest BCUT2D eigenvalue weighted by atomic mass is 9.78. The third-order valence-electron chi connectivity index (χ3n) is 3.53. The summed E-state index contributed by atoms with van der Waals surface area (Å²) >= 11 is 5.42. The van der Waals surface area contributed by atoms with E-state index in [0.717, 1.165) is 12.6 Å². The van der Waals surface area contributed by atoms with Crippen LogP contribution in [0.5, 0.6) is 0 Å². The van der Waals surface area contributed by atoms with Gasteiger partial charge in [0, 0.05) is 10.9 Å². The second kappa shape index (κ2) is 5.41. The molecule has 1 atom stereocenters. The number of nitrogens with one attached hydrogen (secondary N) is 1. The zero-order valence-electron chi connectivity index (χ0n) is 10.9. The van der Waals surface area contributed by atoms with Crippen molar-refractivity contribution in [3.63, 3.8) is 0 Å². The number of halogens is 1. The van der Waals surface area contributed by atoms with Crippen LogP contribution in [0, 0.1) is 11.3 Å². The Hall–Kier alpha value is 0.140. The van der Waals surface area contributed by atoms with E-state index in [1.54, 1.807) is 0 Å². The minimum Gasteiger partial charge on any atom is -0.314 e. The monoisotopic (exact) mass is 315 g/mol. The largest absolute Gasteiger partial charge is 0.314 e. The zero-order valence-corrected chi connectivity index (χ0v) is 13.3. The summed E-state index contributed by atoms with van der Waals surface area (Å²) < 4.78 is 1.25. The molecule has 1 unspecified atom stereocenters. The lowest BCUT2D eigenvalue weighted by Crippen LogP contribution is -2.34. The van der Waals surface area contributed by atoms with Crippen molar-refractivity contribution in [2.75, 3.05) is 6.54 Å². The molecule has 1 saturated carbocycles. The summed E-state index contributed by atoms with van der Waals surface area (Å²) in [6, 6.07) is 5.23. The molecule has 1 nitrogen and oxygen atoms in total. The third kappa shape index (κ3) is 4.38. The fourth-order valence-electron chi connectivity index (χ4n) is 1.99. The summed E-state index contributed by atoms with van der Waals surface area (Å²) in [5, 5.41) is 3.68. The standard InChI is InChI=1S/C14H22BrNS/c1-14(2,3)10(9-16-11-4-5-11)8-12-6-7-13(15)17-12/h6-7,10-11,16H,4-5,8-9H2,1-3H3. The summed E-state index contributed by atoms with van der Waals surface area (Å²) in [6.07, 6.45) is 3.95. The van der Waals surface area contributed by atoms with Crippen LogP contribution in [0.25, 0.3) is 0 Å². The molecule has 96 valence electrons. The number of rotatable bonds is 5. The van der Waals surface area contributed by atoms with E-state index in [1.165, 1.54) is 27.9 Å². The van der Waals surface area contributed by atoms with Crippen molar-refractivity contribution in [3.05, 3.63) is 20.8 Å². The van der Waals surface area contributed by atoms with E-state index >= 15 is 0 Å². The van der Waals surface area contributed by atoms with E-state index in [4.69, 9.17) is 0 Å². The van der Waals surface area contributed by atoms with Crippen LogP contribution in [0.2, 0.25) is 0 Å². The Bertz CT molecular complexity index is 363. The van der Waals surface area contributed by atoms with Crippen LogP contribution >= 0.6 is 27.3 Å². The van der Waals surface area contributed by atoms with Gasteiger partial charge >= 0.3 is 0 Å². The Morgan fingerprint density at radius 3 is 2.59 bits per heavy atom. The van der Waals surface area contributed by atoms with Gasteiger partial charge in [-0.15, -0.1) is 11.3 Å². The van der Waals surface area contributed by atoms with Crippen molar-refractivity contribution in [1.82, 2.24) is 5.32 Å². The second-order valence-electron chi connectivity index (χ2n) is 6.16. The first-order valence-corrected chi connectivity index (χ1v) is 8.03. The maximum Gasteiger partial charge on any atom is 0.0701 e. The van der Waals surface area contributed by atoms with Crippen molar-refractivity contribution in [2.24, 2.45) is 11.3 Å². The first kappa shape index (κ1) is 13.6. The van der Waals surface area contributed by atoms with Gasteiger partial charge < -0.3 is 5.32 Å². The predicted molar refractivity (Wildman–Crippen MR) is 79.7 cm³/mol. The molecule has 0 spiro atoms. The molecule has 0 saturated heterocycles. The summed E-state index contributed by atoms with van der Waals surface area (Å²) in [5.41, 5.74) is 0.373. The molecule has 1 heterocycles. The Kier molecular flexibility index (Phi) is 4.32. The molecule has 1 aromatic heterocycles. The van der Waals surface area contributed by atoms with Crippen LogP contribution in [0.1, 0.15) is 38.5 Å². The van der Waals surface area contributed by atoms with Crippen LogP contribution in [0.3, 0.4) is 0 Å². The van der Waals surface area contributed by atoms with Crippen molar-refractivity contribution < 1.29 is 0 Å². The summed E-state index contributed by atoms with van der Waals surface area (Å²) in [5.74, 6) is 0.716. The second-order valence-corrected chi connectivity index (χ2v) is 8.70. The van der Waals surface area contributed by atoms with Gasteiger partial charge in [-0.3, -0.25) is 0 Å². The van der Waals surface area contributed by atoms with Crippen LogP contribution in [-0.4, -0.2) is 12.6 Å². The summed E-state index contributed by atoms with van der Waals surface area (Å²) in [4.78, 5) is 1.49. The average Bonchev–Trinajstić information content (AvgIpc) is 2.95. The molecule has 1 aromatic rings. The molecule has 0 aromatic carbocycles. The molecule has 1 N–H and O–H groups in total. The molecule has 1 aliphatic carbocycles. The molecule has 0 aliphatic heterocycles. The molecule has 1 fully saturated rings. The van der Waals surface area contributed by atoms with Crippen LogP contribution in [0.15, 0.2) is 15.9 Å². The highest BCUT2D eigenvalue weighted by atomic mass is 79.9. The molecule has 0 amide bonds. The highest BCUT2D eigenvalue weighted by molar-refractivity contribution is 9.11. The summed E-state index contributed by atoms with van der Waals surface area (Å²) in [6.45, 7) is 8.22. The van der Waals surface area contributed by atoms with Crippen molar-refractivity contribution in [2.45, 2.75) is 46.1 Å². The van der Waals surface area contributed by atoms with Gasteiger partial charge in [-0.1, -0.05) is 20.8 Å². The quantitative estimate of drug-likeness (QED) is 0.845.